The molecule has 0 amide bonds. The fourth-order valence-corrected chi connectivity index (χ4v) is 4.65. The van der Waals surface area contributed by atoms with Gasteiger partial charge in [-0.05, 0) is 13.0 Å². The molecule has 1 unspecified atom stereocenters. The van der Waals surface area contributed by atoms with Crippen molar-refractivity contribution in [2.75, 3.05) is 18.8 Å². The zero-order valence-electron chi connectivity index (χ0n) is 17.5. The number of pyridine rings is 1. The van der Waals surface area contributed by atoms with Crippen molar-refractivity contribution in [3.05, 3.63) is 53.4 Å². The summed E-state index contributed by atoms with van der Waals surface area (Å²) in [5.74, 6) is -8.43. The van der Waals surface area contributed by atoms with Crippen molar-refractivity contribution in [2.24, 2.45) is 5.16 Å². The lowest BCUT2D eigenvalue weighted by atomic mass is 9.98. The van der Waals surface area contributed by atoms with E-state index in [0.717, 1.165) is 17.2 Å². The number of amidine groups is 1. The molecule has 2 atom stereocenters. The molecule has 0 radical (unpaired) electrons. The number of sulfonamides is 1. The summed E-state index contributed by atoms with van der Waals surface area (Å²) in [7, 11) is -3.90. The summed E-state index contributed by atoms with van der Waals surface area (Å²) in [6.07, 6.45) is -0.507. The quantitative estimate of drug-likeness (QED) is 0.627. The highest BCUT2D eigenvalue weighted by Gasteiger charge is 2.51. The Balaban J connectivity index is 1.58. The minimum Gasteiger partial charge on any atom is -0.384 e. The summed E-state index contributed by atoms with van der Waals surface area (Å²) in [5, 5.41) is 3.76. The standard InChI is InChI=1S/C20H18F6N4O3S/c1-2-34(31,32)29-16-8-30(9-20(16,25)26)17-6-15(33-28-17)19-12(3-11(22)7-27-19)18-13(23)4-10(21)5-14(18)24/h3-5,7,15-16,29H,2,6,8-9H2,1H3/t15?,16-/m1/s1. The summed E-state index contributed by atoms with van der Waals surface area (Å²) in [6, 6.07) is -0.0492. The van der Waals surface area contributed by atoms with E-state index >= 15 is 0 Å². The predicted octanol–water partition coefficient (Wildman–Crippen LogP) is 3.34. The van der Waals surface area contributed by atoms with Crippen molar-refractivity contribution in [1.82, 2.24) is 14.6 Å². The van der Waals surface area contributed by atoms with Crippen LogP contribution in [0.25, 0.3) is 11.1 Å². The van der Waals surface area contributed by atoms with Gasteiger partial charge < -0.3 is 9.74 Å². The van der Waals surface area contributed by atoms with Crippen LogP contribution >= 0.6 is 0 Å². The Morgan fingerprint density at radius 1 is 1.15 bits per heavy atom. The van der Waals surface area contributed by atoms with Crippen molar-refractivity contribution < 1.29 is 39.6 Å². The van der Waals surface area contributed by atoms with Gasteiger partial charge in [-0.2, -0.15) is 0 Å². The molecule has 2 aromatic rings. The minimum atomic E-state index is -3.90. The van der Waals surface area contributed by atoms with Gasteiger partial charge in [0.05, 0.1) is 36.2 Å². The molecule has 1 saturated heterocycles. The second-order valence-corrected chi connectivity index (χ2v) is 9.89. The molecule has 3 heterocycles. The summed E-state index contributed by atoms with van der Waals surface area (Å²) in [6.45, 7) is 0.0720. The lowest BCUT2D eigenvalue weighted by molar-refractivity contribution is -0.00127. The van der Waals surface area contributed by atoms with Crippen LogP contribution < -0.4 is 4.72 Å². The zero-order chi connectivity index (χ0) is 24.8. The Morgan fingerprint density at radius 3 is 2.47 bits per heavy atom. The normalized spacial score (nSPS) is 22.1. The van der Waals surface area contributed by atoms with Crippen molar-refractivity contribution in [3.63, 3.8) is 0 Å². The number of aromatic nitrogens is 1. The van der Waals surface area contributed by atoms with E-state index in [0.29, 0.717) is 12.1 Å². The summed E-state index contributed by atoms with van der Waals surface area (Å²) >= 11 is 0. The molecule has 1 N–H and O–H groups in total. The molecular weight excluding hydrogens is 490 g/mol. The molecule has 4 rings (SSSR count). The fourth-order valence-electron chi connectivity index (χ4n) is 3.81. The number of halogens is 6. The number of nitrogens with zero attached hydrogens (tertiary/aromatic N) is 3. The van der Waals surface area contributed by atoms with Gasteiger partial charge in [0.1, 0.15) is 35.1 Å². The first-order valence-electron chi connectivity index (χ1n) is 10.1. The van der Waals surface area contributed by atoms with Gasteiger partial charge in [0.2, 0.25) is 10.0 Å². The first-order chi connectivity index (χ1) is 15.9. The van der Waals surface area contributed by atoms with Crippen LogP contribution in [-0.4, -0.2) is 54.9 Å². The molecule has 1 aromatic carbocycles. The smallest absolute Gasteiger partial charge is 0.282 e. The van der Waals surface area contributed by atoms with Gasteiger partial charge in [0, 0.05) is 24.2 Å². The monoisotopic (exact) mass is 508 g/mol. The topological polar surface area (TPSA) is 83.9 Å². The van der Waals surface area contributed by atoms with Crippen LogP contribution in [0.2, 0.25) is 0 Å². The maximum absolute atomic E-state index is 14.4. The van der Waals surface area contributed by atoms with Gasteiger partial charge in [-0.15, -0.1) is 0 Å². The maximum Gasteiger partial charge on any atom is 0.282 e. The molecule has 184 valence electrons. The molecule has 34 heavy (non-hydrogen) atoms. The highest BCUT2D eigenvalue weighted by molar-refractivity contribution is 7.89. The Bertz CT molecular complexity index is 1230. The molecular formula is C20H18F6N4O3S. The van der Waals surface area contributed by atoms with Crippen molar-refractivity contribution in [1.29, 1.82) is 0 Å². The third-order valence-corrected chi connectivity index (χ3v) is 6.90. The van der Waals surface area contributed by atoms with Crippen LogP contribution in [-0.2, 0) is 14.9 Å². The highest BCUT2D eigenvalue weighted by atomic mass is 32.2. The highest BCUT2D eigenvalue weighted by Crippen LogP contribution is 2.38. The summed E-state index contributed by atoms with van der Waals surface area (Å²) in [5.41, 5.74) is -1.22. The van der Waals surface area contributed by atoms with Crippen molar-refractivity contribution in [3.8, 4) is 11.1 Å². The van der Waals surface area contributed by atoms with Gasteiger partial charge in [-0.1, -0.05) is 5.16 Å². The Hall–Kier alpha value is -2.87. The van der Waals surface area contributed by atoms with E-state index in [4.69, 9.17) is 4.84 Å². The molecule has 14 heteroatoms. The Kier molecular flexibility index (Phi) is 6.23. The molecule has 0 bridgehead atoms. The van der Waals surface area contributed by atoms with Crippen molar-refractivity contribution >= 4 is 15.9 Å². The van der Waals surface area contributed by atoms with E-state index in [1.165, 1.54) is 6.92 Å². The SMILES string of the molecule is CCS(=O)(=O)N[C@@H]1CN(C2=NOC(c3ncc(F)cc3-c3c(F)cc(F)cc3F)C2)CC1(F)F. The van der Waals surface area contributed by atoms with Gasteiger partial charge in [0.25, 0.3) is 5.92 Å². The Labute approximate surface area is 190 Å². The number of benzene rings is 1. The summed E-state index contributed by atoms with van der Waals surface area (Å²) in [4.78, 5) is 10.2. The third-order valence-electron chi connectivity index (χ3n) is 5.50. The number of likely N-dealkylation sites (tertiary alicyclic amines) is 1. The lowest BCUT2D eigenvalue weighted by Gasteiger charge is -2.17. The average Bonchev–Trinajstić information content (AvgIpc) is 3.32. The van der Waals surface area contributed by atoms with E-state index in [9.17, 15) is 34.8 Å². The van der Waals surface area contributed by atoms with Crippen LogP contribution in [0.3, 0.4) is 0 Å². The molecule has 1 aromatic heterocycles. The van der Waals surface area contributed by atoms with E-state index in [1.807, 2.05) is 4.72 Å². The molecule has 1 fully saturated rings. The number of nitrogens with one attached hydrogen (secondary N) is 1. The molecule has 2 aliphatic heterocycles. The number of hydrogen-bond acceptors (Lipinski definition) is 6. The van der Waals surface area contributed by atoms with E-state index in [1.54, 1.807) is 0 Å². The fraction of sp³-hybridized carbons (Fsp3) is 0.400. The first-order valence-corrected chi connectivity index (χ1v) is 11.7. The van der Waals surface area contributed by atoms with Gasteiger partial charge in [-0.25, -0.2) is 39.5 Å². The van der Waals surface area contributed by atoms with Crippen LogP contribution in [0.4, 0.5) is 26.3 Å². The number of oxime groups is 1. The molecule has 7 nitrogen and oxygen atoms in total. The third kappa shape index (κ3) is 4.69. The first kappa shape index (κ1) is 24.3. The largest absolute Gasteiger partial charge is 0.384 e. The van der Waals surface area contributed by atoms with Crippen LogP contribution in [0, 0.1) is 23.3 Å². The minimum absolute atomic E-state index is 0.0278. The maximum atomic E-state index is 14.4. The van der Waals surface area contributed by atoms with Crippen molar-refractivity contribution in [2.45, 2.75) is 31.4 Å². The second-order valence-electron chi connectivity index (χ2n) is 7.85. The second kappa shape index (κ2) is 8.73. The number of hydrogen-bond donors (Lipinski definition) is 1. The average molecular weight is 508 g/mol. The van der Waals surface area contributed by atoms with Crippen LogP contribution in [0.1, 0.15) is 25.1 Å². The summed E-state index contributed by atoms with van der Waals surface area (Å²) < 4.78 is 110. The molecule has 0 aliphatic carbocycles. The molecule has 0 saturated carbocycles. The van der Waals surface area contributed by atoms with Gasteiger partial charge in [-0.3, -0.25) is 4.98 Å². The Morgan fingerprint density at radius 2 is 1.82 bits per heavy atom. The van der Waals surface area contributed by atoms with Gasteiger partial charge >= 0.3 is 0 Å². The molecule has 0 spiro atoms. The molecule has 2 aliphatic rings. The van der Waals surface area contributed by atoms with Crippen LogP contribution in [0.15, 0.2) is 29.6 Å². The van der Waals surface area contributed by atoms with E-state index in [2.05, 4.69) is 10.1 Å². The van der Waals surface area contributed by atoms with E-state index < -0.39 is 70.0 Å². The van der Waals surface area contributed by atoms with Gasteiger partial charge in [0.15, 0.2) is 6.10 Å². The number of rotatable bonds is 5. The van der Waals surface area contributed by atoms with Crippen LogP contribution in [0.5, 0.6) is 0 Å². The predicted molar refractivity (Wildman–Crippen MR) is 108 cm³/mol. The number of alkyl halides is 2. The van der Waals surface area contributed by atoms with E-state index in [-0.39, 0.29) is 29.3 Å². The zero-order valence-corrected chi connectivity index (χ0v) is 18.4. The lowest BCUT2D eigenvalue weighted by Crippen LogP contribution is -2.47.